The van der Waals surface area contributed by atoms with Crippen molar-refractivity contribution in [3.63, 3.8) is 0 Å². The van der Waals surface area contributed by atoms with Crippen molar-refractivity contribution in [2.75, 3.05) is 7.11 Å². The molecule has 0 aliphatic rings. The standard InChI is InChI=1S/C31H43FN2O7/c1-10-21(11-2)27(41-23-14-12-22(13-15-23)31(7,8)32)19(5)39-30(37)25(18(3)4)34-29(36)26-28(40-20(6)35)24(38-9)16-17-33-26/h12-19,21,25,27H,10-11H2,1-9H3,(H,34,36)/t19-,25-,27-/m0/s1. The average Bonchev–Trinajstić information content (AvgIpc) is 2.90. The first-order valence-corrected chi connectivity index (χ1v) is 13.9. The lowest BCUT2D eigenvalue weighted by atomic mass is 9.92. The third-order valence-corrected chi connectivity index (χ3v) is 6.85. The number of hydrogen-bond acceptors (Lipinski definition) is 8. The van der Waals surface area contributed by atoms with Gasteiger partial charge in [0.15, 0.2) is 11.4 Å². The van der Waals surface area contributed by atoms with Crippen LogP contribution in [0.5, 0.6) is 17.2 Å². The maximum Gasteiger partial charge on any atom is 0.329 e. The molecule has 9 nitrogen and oxygen atoms in total. The van der Waals surface area contributed by atoms with Gasteiger partial charge in [-0.2, -0.15) is 0 Å². The predicted molar refractivity (Wildman–Crippen MR) is 153 cm³/mol. The molecular weight excluding hydrogens is 531 g/mol. The van der Waals surface area contributed by atoms with Crippen LogP contribution in [0.2, 0.25) is 0 Å². The van der Waals surface area contributed by atoms with Crippen molar-refractivity contribution >= 4 is 17.8 Å². The molecule has 2 aromatic rings. The number of hydrogen-bond donors (Lipinski definition) is 1. The van der Waals surface area contributed by atoms with Crippen LogP contribution in [0.4, 0.5) is 4.39 Å². The minimum absolute atomic E-state index is 0.0643. The van der Waals surface area contributed by atoms with Gasteiger partial charge in [-0.3, -0.25) is 9.59 Å². The van der Waals surface area contributed by atoms with Crippen LogP contribution >= 0.6 is 0 Å². The molecule has 2 rings (SSSR count). The summed E-state index contributed by atoms with van der Waals surface area (Å²) in [7, 11) is 1.37. The van der Waals surface area contributed by atoms with Crippen LogP contribution in [-0.4, -0.2) is 48.2 Å². The van der Waals surface area contributed by atoms with Gasteiger partial charge in [0.05, 0.1) is 7.11 Å². The molecule has 1 aromatic heterocycles. The second-order valence-corrected chi connectivity index (χ2v) is 10.8. The number of esters is 2. The molecule has 0 unspecified atom stereocenters. The monoisotopic (exact) mass is 574 g/mol. The fourth-order valence-corrected chi connectivity index (χ4v) is 4.44. The molecule has 0 fully saturated rings. The highest BCUT2D eigenvalue weighted by Gasteiger charge is 2.34. The number of halogens is 1. The molecule has 0 radical (unpaired) electrons. The van der Waals surface area contributed by atoms with Crippen LogP contribution in [0.3, 0.4) is 0 Å². The third kappa shape index (κ3) is 9.16. The lowest BCUT2D eigenvalue weighted by molar-refractivity contribution is -0.158. The van der Waals surface area contributed by atoms with Crippen LogP contribution in [0.25, 0.3) is 0 Å². The predicted octanol–water partition coefficient (Wildman–Crippen LogP) is 5.79. The van der Waals surface area contributed by atoms with Gasteiger partial charge < -0.3 is 24.3 Å². The quantitative estimate of drug-likeness (QED) is 0.282. The molecule has 1 N–H and O–H groups in total. The Balaban J connectivity index is 2.26. The number of carbonyl (C=O) groups is 3. The van der Waals surface area contributed by atoms with E-state index in [0.29, 0.717) is 11.3 Å². The molecule has 0 aliphatic carbocycles. The molecule has 0 saturated carbocycles. The zero-order valence-corrected chi connectivity index (χ0v) is 25.4. The Morgan fingerprint density at radius 3 is 2.12 bits per heavy atom. The van der Waals surface area contributed by atoms with E-state index in [9.17, 15) is 18.8 Å². The maximum atomic E-state index is 14.3. The number of rotatable bonds is 14. The van der Waals surface area contributed by atoms with Crippen LogP contribution < -0.4 is 19.5 Å². The van der Waals surface area contributed by atoms with Crippen LogP contribution in [0.15, 0.2) is 36.5 Å². The number of pyridine rings is 1. The number of aromatic nitrogens is 1. The smallest absolute Gasteiger partial charge is 0.329 e. The van der Waals surface area contributed by atoms with Crippen molar-refractivity contribution in [3.8, 4) is 17.2 Å². The van der Waals surface area contributed by atoms with Gasteiger partial charge in [0.1, 0.15) is 29.7 Å². The van der Waals surface area contributed by atoms with E-state index < -0.39 is 41.8 Å². The summed E-state index contributed by atoms with van der Waals surface area (Å²) in [5.41, 5.74) is -1.16. The number of benzene rings is 1. The number of carbonyl (C=O) groups excluding carboxylic acids is 3. The minimum Gasteiger partial charge on any atom is -0.493 e. The van der Waals surface area contributed by atoms with Crippen molar-refractivity contribution < 1.29 is 37.7 Å². The van der Waals surface area contributed by atoms with Crippen molar-refractivity contribution in [1.82, 2.24) is 10.3 Å². The number of ether oxygens (including phenoxy) is 4. The minimum atomic E-state index is -1.48. The van der Waals surface area contributed by atoms with Gasteiger partial charge in [0.2, 0.25) is 5.75 Å². The molecule has 3 atom stereocenters. The first kappa shape index (κ1) is 33.5. The van der Waals surface area contributed by atoms with Gasteiger partial charge in [-0.05, 0) is 63.1 Å². The summed E-state index contributed by atoms with van der Waals surface area (Å²) >= 11 is 0. The summed E-state index contributed by atoms with van der Waals surface area (Å²) in [6.45, 7) is 13.5. The van der Waals surface area contributed by atoms with Crippen molar-refractivity contribution in [1.29, 1.82) is 0 Å². The highest BCUT2D eigenvalue weighted by Crippen LogP contribution is 2.31. The van der Waals surface area contributed by atoms with E-state index in [0.717, 1.165) is 12.8 Å². The Morgan fingerprint density at radius 1 is 1.02 bits per heavy atom. The lowest BCUT2D eigenvalue weighted by Crippen LogP contribution is -2.48. The Kier molecular flexibility index (Phi) is 12.1. The molecule has 1 heterocycles. The van der Waals surface area contributed by atoms with Gasteiger partial charge in [-0.25, -0.2) is 14.2 Å². The summed E-state index contributed by atoms with van der Waals surface area (Å²) < 4.78 is 36.9. The van der Waals surface area contributed by atoms with Gasteiger partial charge >= 0.3 is 11.9 Å². The average molecular weight is 575 g/mol. The van der Waals surface area contributed by atoms with Crippen LogP contribution in [0.1, 0.15) is 84.3 Å². The van der Waals surface area contributed by atoms with E-state index in [1.54, 1.807) is 45.0 Å². The topological polar surface area (TPSA) is 113 Å². The van der Waals surface area contributed by atoms with E-state index in [1.807, 2.05) is 13.8 Å². The molecule has 0 aliphatic heterocycles. The van der Waals surface area contributed by atoms with E-state index in [1.165, 1.54) is 40.1 Å². The molecule has 226 valence electrons. The van der Waals surface area contributed by atoms with E-state index in [4.69, 9.17) is 18.9 Å². The Morgan fingerprint density at radius 2 is 1.63 bits per heavy atom. The fourth-order valence-electron chi connectivity index (χ4n) is 4.44. The van der Waals surface area contributed by atoms with Gasteiger partial charge in [-0.1, -0.05) is 39.8 Å². The molecule has 0 saturated heterocycles. The number of nitrogens with one attached hydrogen (secondary N) is 1. The number of methoxy groups -OCH3 is 1. The molecule has 0 bridgehead atoms. The van der Waals surface area contributed by atoms with Gasteiger partial charge in [-0.15, -0.1) is 0 Å². The molecule has 10 heteroatoms. The SMILES string of the molecule is CCC(CC)[C@@H](Oc1ccc(C(C)(C)F)cc1)[C@H](C)OC(=O)[C@@H](NC(=O)c1nccc(OC)c1OC(C)=O)C(C)C. The zero-order chi connectivity index (χ0) is 30.9. The first-order chi connectivity index (χ1) is 19.2. The summed E-state index contributed by atoms with van der Waals surface area (Å²) in [4.78, 5) is 42.3. The molecular formula is C31H43FN2O7. The van der Waals surface area contributed by atoms with Crippen molar-refractivity contribution in [2.45, 2.75) is 92.2 Å². The summed E-state index contributed by atoms with van der Waals surface area (Å²) in [5, 5.41) is 2.67. The van der Waals surface area contributed by atoms with Crippen molar-refractivity contribution in [3.05, 3.63) is 47.8 Å². The van der Waals surface area contributed by atoms with Gasteiger partial charge in [0.25, 0.3) is 5.91 Å². The van der Waals surface area contributed by atoms with Crippen molar-refractivity contribution in [2.24, 2.45) is 11.8 Å². The van der Waals surface area contributed by atoms with E-state index >= 15 is 0 Å². The lowest BCUT2D eigenvalue weighted by Gasteiger charge is -2.32. The third-order valence-electron chi connectivity index (χ3n) is 6.85. The Labute approximate surface area is 242 Å². The highest BCUT2D eigenvalue weighted by atomic mass is 19.1. The largest absolute Gasteiger partial charge is 0.493 e. The first-order valence-electron chi connectivity index (χ1n) is 13.9. The zero-order valence-electron chi connectivity index (χ0n) is 25.4. The maximum absolute atomic E-state index is 14.3. The van der Waals surface area contributed by atoms with Gasteiger partial charge in [0, 0.05) is 19.2 Å². The molecule has 41 heavy (non-hydrogen) atoms. The summed E-state index contributed by atoms with van der Waals surface area (Å²) in [5.74, 6) is -1.78. The molecule has 0 spiro atoms. The molecule has 1 amide bonds. The molecule has 1 aromatic carbocycles. The van der Waals surface area contributed by atoms with Crippen LogP contribution in [-0.2, 0) is 20.0 Å². The normalized spacial score (nSPS) is 13.8. The highest BCUT2D eigenvalue weighted by molar-refractivity contribution is 5.98. The second-order valence-electron chi connectivity index (χ2n) is 10.8. The number of alkyl halides is 1. The van der Waals surface area contributed by atoms with Crippen LogP contribution in [0, 0.1) is 11.8 Å². The second kappa shape index (κ2) is 14.8. The summed E-state index contributed by atoms with van der Waals surface area (Å²) in [6, 6.07) is 7.19. The summed E-state index contributed by atoms with van der Waals surface area (Å²) in [6.07, 6.45) is 1.74. The Hall–Kier alpha value is -3.69. The van der Waals surface area contributed by atoms with E-state index in [-0.39, 0.29) is 29.0 Å². The fraction of sp³-hybridized carbons (Fsp3) is 0.548. The number of amides is 1. The Bertz CT molecular complexity index is 1170. The van der Waals surface area contributed by atoms with E-state index in [2.05, 4.69) is 10.3 Å². The number of nitrogens with zero attached hydrogens (tertiary/aromatic N) is 1.